The number of carbonyl (C=O) groups is 1. The SMILES string of the molecule is COc1cc(C(=O)Cc2c(F)cccc2Cl)ccc1F. The minimum absolute atomic E-state index is 0.0320. The molecule has 2 rings (SSSR count). The van der Waals surface area contributed by atoms with Crippen LogP contribution in [0.4, 0.5) is 8.78 Å². The summed E-state index contributed by atoms with van der Waals surface area (Å²) in [5.74, 6) is -1.50. The van der Waals surface area contributed by atoms with Gasteiger partial charge in [-0.25, -0.2) is 8.78 Å². The molecule has 0 saturated carbocycles. The molecule has 0 atom stereocenters. The lowest BCUT2D eigenvalue weighted by Crippen LogP contribution is -2.06. The number of hydrogen-bond acceptors (Lipinski definition) is 2. The van der Waals surface area contributed by atoms with Crippen LogP contribution in [-0.2, 0) is 6.42 Å². The van der Waals surface area contributed by atoms with Gasteiger partial charge in [-0.2, -0.15) is 0 Å². The van der Waals surface area contributed by atoms with Crippen molar-refractivity contribution < 1.29 is 18.3 Å². The van der Waals surface area contributed by atoms with Gasteiger partial charge in [-0.3, -0.25) is 4.79 Å². The van der Waals surface area contributed by atoms with Crippen LogP contribution in [0.1, 0.15) is 15.9 Å². The first-order chi connectivity index (χ1) is 9.52. The number of ether oxygens (including phenoxy) is 1. The van der Waals surface area contributed by atoms with Crippen LogP contribution < -0.4 is 4.74 Å². The van der Waals surface area contributed by atoms with Gasteiger partial charge in [-0.1, -0.05) is 17.7 Å². The highest BCUT2D eigenvalue weighted by atomic mass is 35.5. The fraction of sp³-hybridized carbons (Fsp3) is 0.133. The molecule has 2 nitrogen and oxygen atoms in total. The number of halogens is 3. The molecule has 0 aliphatic heterocycles. The number of hydrogen-bond donors (Lipinski definition) is 0. The molecule has 0 amide bonds. The summed E-state index contributed by atoms with van der Waals surface area (Å²) in [5.41, 5.74) is 0.366. The van der Waals surface area contributed by atoms with Crippen molar-refractivity contribution >= 4 is 17.4 Å². The van der Waals surface area contributed by atoms with Crippen LogP contribution in [0.5, 0.6) is 5.75 Å². The monoisotopic (exact) mass is 296 g/mol. The number of rotatable bonds is 4. The molecule has 5 heteroatoms. The normalized spacial score (nSPS) is 10.4. The van der Waals surface area contributed by atoms with E-state index in [4.69, 9.17) is 16.3 Å². The van der Waals surface area contributed by atoms with E-state index >= 15 is 0 Å². The van der Waals surface area contributed by atoms with E-state index in [2.05, 4.69) is 0 Å². The summed E-state index contributed by atoms with van der Waals surface area (Å²) < 4.78 is 31.7. The molecule has 0 aliphatic carbocycles. The van der Waals surface area contributed by atoms with Gasteiger partial charge in [-0.05, 0) is 30.3 Å². The Labute approximate surface area is 119 Å². The third-order valence-corrected chi connectivity index (χ3v) is 3.23. The summed E-state index contributed by atoms with van der Waals surface area (Å²) in [6.45, 7) is 0. The molecule has 2 aromatic carbocycles. The number of methoxy groups -OCH3 is 1. The van der Waals surface area contributed by atoms with Crippen molar-refractivity contribution in [2.75, 3.05) is 7.11 Å². The number of carbonyl (C=O) groups excluding carboxylic acids is 1. The molecule has 0 radical (unpaired) electrons. The average Bonchev–Trinajstić information content (AvgIpc) is 2.43. The van der Waals surface area contributed by atoms with E-state index in [-0.39, 0.29) is 34.1 Å². The van der Waals surface area contributed by atoms with Gasteiger partial charge in [0, 0.05) is 22.6 Å². The molecule has 0 aliphatic rings. The molecule has 104 valence electrons. The predicted molar refractivity (Wildman–Crippen MR) is 72.4 cm³/mol. The average molecular weight is 297 g/mol. The summed E-state index contributed by atoms with van der Waals surface area (Å²) in [5, 5.41) is 0.187. The van der Waals surface area contributed by atoms with Crippen molar-refractivity contribution in [1.29, 1.82) is 0 Å². The Kier molecular flexibility index (Phi) is 4.35. The van der Waals surface area contributed by atoms with Gasteiger partial charge >= 0.3 is 0 Å². The van der Waals surface area contributed by atoms with Gasteiger partial charge in [0.25, 0.3) is 0 Å². The maximum Gasteiger partial charge on any atom is 0.167 e. The van der Waals surface area contributed by atoms with Crippen LogP contribution in [0.15, 0.2) is 36.4 Å². The highest BCUT2D eigenvalue weighted by molar-refractivity contribution is 6.31. The first kappa shape index (κ1) is 14.5. The van der Waals surface area contributed by atoms with E-state index in [1.807, 2.05) is 0 Å². The lowest BCUT2D eigenvalue weighted by molar-refractivity contribution is 0.0991. The molecule has 2 aromatic rings. The van der Waals surface area contributed by atoms with Crippen molar-refractivity contribution in [2.45, 2.75) is 6.42 Å². The standard InChI is InChI=1S/C15H11ClF2O2/c1-20-15-7-9(5-6-13(15)18)14(19)8-10-11(16)3-2-4-12(10)17/h2-7H,8H2,1H3. The lowest BCUT2D eigenvalue weighted by Gasteiger charge is -2.07. The number of Topliss-reactive ketones (excluding diaryl/α,β-unsaturated/α-hetero) is 1. The van der Waals surface area contributed by atoms with Crippen LogP contribution in [0.3, 0.4) is 0 Å². The number of ketones is 1. The third kappa shape index (κ3) is 2.96. The summed E-state index contributed by atoms with van der Waals surface area (Å²) >= 11 is 5.87. The summed E-state index contributed by atoms with van der Waals surface area (Å²) in [4.78, 5) is 12.1. The topological polar surface area (TPSA) is 26.3 Å². The van der Waals surface area contributed by atoms with E-state index in [0.29, 0.717) is 0 Å². The van der Waals surface area contributed by atoms with Crippen LogP contribution in [0.25, 0.3) is 0 Å². The summed E-state index contributed by atoms with van der Waals surface area (Å²) in [6, 6.07) is 7.96. The van der Waals surface area contributed by atoms with Gasteiger partial charge in [0.1, 0.15) is 5.82 Å². The van der Waals surface area contributed by atoms with E-state index in [1.165, 1.54) is 37.4 Å². The smallest absolute Gasteiger partial charge is 0.167 e. The highest BCUT2D eigenvalue weighted by Gasteiger charge is 2.15. The Hall–Kier alpha value is -1.94. The van der Waals surface area contributed by atoms with Crippen molar-refractivity contribution in [2.24, 2.45) is 0 Å². The van der Waals surface area contributed by atoms with Crippen LogP contribution in [0.2, 0.25) is 5.02 Å². The fourth-order valence-corrected chi connectivity index (χ4v) is 2.03. The molecule has 0 fully saturated rings. The second kappa shape index (κ2) is 6.01. The van der Waals surface area contributed by atoms with Crippen LogP contribution >= 0.6 is 11.6 Å². The third-order valence-electron chi connectivity index (χ3n) is 2.87. The molecule has 0 saturated heterocycles. The van der Waals surface area contributed by atoms with E-state index in [9.17, 15) is 13.6 Å². The Morgan fingerprint density at radius 1 is 1.20 bits per heavy atom. The molecule has 0 heterocycles. The Balaban J connectivity index is 2.29. The lowest BCUT2D eigenvalue weighted by atomic mass is 10.0. The van der Waals surface area contributed by atoms with E-state index in [0.717, 1.165) is 6.07 Å². The van der Waals surface area contributed by atoms with Gasteiger partial charge in [0.05, 0.1) is 7.11 Å². The molecule has 0 bridgehead atoms. The summed E-state index contributed by atoms with van der Waals surface area (Å²) in [7, 11) is 1.31. The molecule has 0 aromatic heterocycles. The second-order valence-electron chi connectivity index (χ2n) is 4.15. The number of benzene rings is 2. The van der Waals surface area contributed by atoms with Gasteiger partial charge in [-0.15, -0.1) is 0 Å². The Bertz CT molecular complexity index is 636. The molecule has 0 N–H and O–H groups in total. The van der Waals surface area contributed by atoms with Crippen molar-refractivity contribution in [3.05, 3.63) is 64.2 Å². The van der Waals surface area contributed by atoms with Crippen LogP contribution in [0, 0.1) is 11.6 Å². The first-order valence-electron chi connectivity index (χ1n) is 5.82. The molecule has 0 spiro atoms. The van der Waals surface area contributed by atoms with Gasteiger partial charge in [0.15, 0.2) is 17.3 Å². The van der Waals surface area contributed by atoms with E-state index in [1.54, 1.807) is 0 Å². The highest BCUT2D eigenvalue weighted by Crippen LogP contribution is 2.23. The zero-order valence-electron chi connectivity index (χ0n) is 10.6. The van der Waals surface area contributed by atoms with Gasteiger partial charge < -0.3 is 4.74 Å². The predicted octanol–water partition coefficient (Wildman–Crippen LogP) is 4.05. The molecular weight excluding hydrogens is 286 g/mol. The second-order valence-corrected chi connectivity index (χ2v) is 4.56. The molecular formula is C15H11ClF2O2. The van der Waals surface area contributed by atoms with Crippen molar-refractivity contribution in [1.82, 2.24) is 0 Å². The van der Waals surface area contributed by atoms with E-state index < -0.39 is 11.6 Å². The van der Waals surface area contributed by atoms with Crippen LogP contribution in [-0.4, -0.2) is 12.9 Å². The Morgan fingerprint density at radius 3 is 2.60 bits per heavy atom. The Morgan fingerprint density at radius 2 is 1.95 bits per heavy atom. The first-order valence-corrected chi connectivity index (χ1v) is 6.20. The zero-order valence-corrected chi connectivity index (χ0v) is 11.4. The minimum Gasteiger partial charge on any atom is -0.494 e. The van der Waals surface area contributed by atoms with Crippen molar-refractivity contribution in [3.8, 4) is 5.75 Å². The maximum absolute atomic E-state index is 13.6. The molecule has 20 heavy (non-hydrogen) atoms. The maximum atomic E-state index is 13.6. The molecule has 0 unspecified atom stereocenters. The largest absolute Gasteiger partial charge is 0.494 e. The zero-order chi connectivity index (χ0) is 14.7. The quantitative estimate of drug-likeness (QED) is 0.796. The van der Waals surface area contributed by atoms with Gasteiger partial charge in [0.2, 0.25) is 0 Å². The minimum atomic E-state index is -0.562. The van der Waals surface area contributed by atoms with Crippen molar-refractivity contribution in [3.63, 3.8) is 0 Å². The fourth-order valence-electron chi connectivity index (χ4n) is 1.80. The summed E-state index contributed by atoms with van der Waals surface area (Å²) in [6.07, 6.45) is -0.194.